The normalized spacial score (nSPS) is 21.7. The lowest BCUT2D eigenvalue weighted by atomic mass is 9.78. The smallest absolute Gasteiger partial charge is 0.404 e. The molecule has 210 valence electrons. The highest BCUT2D eigenvalue weighted by molar-refractivity contribution is 5.99. The van der Waals surface area contributed by atoms with E-state index in [-0.39, 0.29) is 18.9 Å². The van der Waals surface area contributed by atoms with Gasteiger partial charge < -0.3 is 24.4 Å². The lowest BCUT2D eigenvalue weighted by Gasteiger charge is -2.47. The number of aryl methyl sites for hydroxylation is 1. The number of carbonyl (C=O) groups is 2. The van der Waals surface area contributed by atoms with E-state index in [2.05, 4.69) is 21.7 Å². The molecule has 2 N–H and O–H groups in total. The van der Waals surface area contributed by atoms with Crippen molar-refractivity contribution in [3.63, 3.8) is 0 Å². The highest BCUT2D eigenvalue weighted by atomic mass is 19.1. The molecule has 1 saturated carbocycles. The molecule has 3 atom stereocenters. The molecule has 1 saturated heterocycles. The molecular weight excluding hydrogens is 511 g/mol. The first kappa shape index (κ1) is 26.3. The molecular formula is C31H35FN4O4. The van der Waals surface area contributed by atoms with Crippen LogP contribution in [0.5, 0.6) is 0 Å². The van der Waals surface area contributed by atoms with Crippen LogP contribution in [0.2, 0.25) is 0 Å². The maximum Gasteiger partial charge on any atom is 0.404 e. The SMILES string of the molecule is Cc1c(-c2cc3cccnc3n2CC2CC2)oc2cc(C(=O)N3C[C@H](F)C[C@@H](OC(N)=O)C3C(C)(C)C)ccc12. The third kappa shape index (κ3) is 4.71. The number of aromatic nitrogens is 2. The van der Waals surface area contributed by atoms with E-state index in [4.69, 9.17) is 14.9 Å². The summed E-state index contributed by atoms with van der Waals surface area (Å²) < 4.78 is 28.8. The molecule has 0 bridgehead atoms. The van der Waals surface area contributed by atoms with Gasteiger partial charge in [0.15, 0.2) is 5.76 Å². The van der Waals surface area contributed by atoms with Crippen molar-refractivity contribution in [2.75, 3.05) is 6.54 Å². The van der Waals surface area contributed by atoms with Crippen LogP contribution in [-0.2, 0) is 11.3 Å². The van der Waals surface area contributed by atoms with E-state index in [0.717, 1.165) is 40.0 Å². The largest absolute Gasteiger partial charge is 0.454 e. The van der Waals surface area contributed by atoms with Crippen molar-refractivity contribution >= 4 is 34.0 Å². The lowest BCUT2D eigenvalue weighted by Crippen LogP contribution is -2.61. The van der Waals surface area contributed by atoms with E-state index in [0.29, 0.717) is 17.1 Å². The number of amides is 2. The van der Waals surface area contributed by atoms with Crippen LogP contribution in [0.3, 0.4) is 0 Å². The van der Waals surface area contributed by atoms with Crippen molar-refractivity contribution in [1.29, 1.82) is 0 Å². The number of piperidine rings is 1. The Kier molecular flexibility index (Phi) is 6.35. The number of nitrogens with two attached hydrogens (primary N) is 1. The number of furan rings is 1. The number of alkyl halides is 1. The van der Waals surface area contributed by atoms with E-state index in [1.165, 1.54) is 17.7 Å². The van der Waals surface area contributed by atoms with Crippen molar-refractivity contribution in [3.8, 4) is 11.5 Å². The number of halogens is 1. The molecule has 6 rings (SSSR count). The zero-order valence-corrected chi connectivity index (χ0v) is 23.3. The average molecular weight is 547 g/mol. The Morgan fingerprint density at radius 2 is 1.98 bits per heavy atom. The minimum absolute atomic E-state index is 0.00184. The van der Waals surface area contributed by atoms with E-state index in [9.17, 15) is 14.0 Å². The third-order valence-corrected chi connectivity index (χ3v) is 8.20. The Bertz CT molecular complexity index is 1610. The fraction of sp³-hybridized carbons (Fsp3) is 0.452. The van der Waals surface area contributed by atoms with Gasteiger partial charge in [0.05, 0.1) is 18.3 Å². The van der Waals surface area contributed by atoms with E-state index in [1.54, 1.807) is 12.1 Å². The van der Waals surface area contributed by atoms with Crippen LogP contribution in [0.1, 0.15) is 56.0 Å². The summed E-state index contributed by atoms with van der Waals surface area (Å²) in [6, 6.07) is 10.9. The number of rotatable bonds is 5. The third-order valence-electron chi connectivity index (χ3n) is 8.20. The summed E-state index contributed by atoms with van der Waals surface area (Å²) in [6.45, 7) is 8.64. The first-order valence-electron chi connectivity index (χ1n) is 13.9. The van der Waals surface area contributed by atoms with Gasteiger partial charge in [0.1, 0.15) is 23.5 Å². The van der Waals surface area contributed by atoms with Gasteiger partial charge >= 0.3 is 6.09 Å². The molecule has 4 heterocycles. The number of carbonyl (C=O) groups excluding carboxylic acids is 2. The van der Waals surface area contributed by atoms with Crippen LogP contribution in [-0.4, -0.2) is 51.3 Å². The molecule has 9 heteroatoms. The molecule has 1 aliphatic heterocycles. The minimum atomic E-state index is -1.34. The first-order chi connectivity index (χ1) is 19.0. The highest BCUT2D eigenvalue weighted by Gasteiger charge is 2.46. The summed E-state index contributed by atoms with van der Waals surface area (Å²) in [6.07, 6.45) is 1.09. The van der Waals surface area contributed by atoms with Crippen LogP contribution in [0.15, 0.2) is 47.0 Å². The van der Waals surface area contributed by atoms with Crippen LogP contribution >= 0.6 is 0 Å². The summed E-state index contributed by atoms with van der Waals surface area (Å²) in [4.78, 5) is 31.6. The minimum Gasteiger partial charge on any atom is -0.454 e. The van der Waals surface area contributed by atoms with Crippen LogP contribution in [0.25, 0.3) is 33.5 Å². The number of hydrogen-bond acceptors (Lipinski definition) is 5. The van der Waals surface area contributed by atoms with Crippen molar-refractivity contribution in [2.45, 2.75) is 71.8 Å². The second-order valence-corrected chi connectivity index (χ2v) is 12.3. The van der Waals surface area contributed by atoms with Crippen molar-refractivity contribution in [1.82, 2.24) is 14.5 Å². The highest BCUT2D eigenvalue weighted by Crippen LogP contribution is 2.40. The Morgan fingerprint density at radius 1 is 1.20 bits per heavy atom. The quantitative estimate of drug-likeness (QED) is 0.320. The van der Waals surface area contributed by atoms with Crippen molar-refractivity contribution < 1.29 is 23.1 Å². The van der Waals surface area contributed by atoms with Gasteiger partial charge in [-0.25, -0.2) is 14.2 Å². The monoisotopic (exact) mass is 546 g/mol. The van der Waals surface area contributed by atoms with Gasteiger partial charge in [-0.2, -0.15) is 0 Å². The number of hydrogen-bond donors (Lipinski definition) is 1. The van der Waals surface area contributed by atoms with Gasteiger partial charge in [0, 0.05) is 41.1 Å². The zero-order chi connectivity index (χ0) is 28.3. The van der Waals surface area contributed by atoms with Gasteiger partial charge in [-0.3, -0.25) is 4.79 Å². The van der Waals surface area contributed by atoms with Gasteiger partial charge in [0.2, 0.25) is 0 Å². The summed E-state index contributed by atoms with van der Waals surface area (Å²) >= 11 is 0. The Morgan fingerprint density at radius 3 is 2.67 bits per heavy atom. The molecule has 2 fully saturated rings. The van der Waals surface area contributed by atoms with Gasteiger partial charge in [-0.05, 0) is 61.4 Å². The molecule has 3 aromatic heterocycles. The van der Waals surface area contributed by atoms with E-state index >= 15 is 0 Å². The van der Waals surface area contributed by atoms with E-state index < -0.39 is 29.8 Å². The van der Waals surface area contributed by atoms with Gasteiger partial charge in [0.25, 0.3) is 5.91 Å². The number of benzene rings is 1. The summed E-state index contributed by atoms with van der Waals surface area (Å²) in [5, 5.41) is 1.97. The second kappa shape index (κ2) is 9.64. The Hall–Kier alpha value is -3.88. The lowest BCUT2D eigenvalue weighted by molar-refractivity contribution is -0.0570. The molecule has 0 spiro atoms. The maximum absolute atomic E-state index is 14.8. The fourth-order valence-electron chi connectivity index (χ4n) is 6.27. The molecule has 2 aliphatic rings. The molecule has 1 aromatic carbocycles. The van der Waals surface area contributed by atoms with Crippen LogP contribution < -0.4 is 5.73 Å². The van der Waals surface area contributed by atoms with Crippen LogP contribution in [0.4, 0.5) is 9.18 Å². The molecule has 8 nitrogen and oxygen atoms in total. The number of pyridine rings is 1. The molecule has 2 amide bonds. The second-order valence-electron chi connectivity index (χ2n) is 12.3. The molecule has 0 radical (unpaired) electrons. The molecule has 1 unspecified atom stereocenters. The standard InChI is InChI=1S/C31H35FN4O4/c1-17-22-10-9-20(29(37)36-16-21(32)14-25(40-30(33)38)27(36)31(2,3)4)13-24(22)39-26(17)23-12-19-6-5-11-34-28(19)35(23)15-18-7-8-18/h5-6,9-13,18,21,25,27H,7-8,14-16H2,1-4H3,(H2,33,38)/t21-,25-,27?/m1/s1. The predicted octanol–water partition coefficient (Wildman–Crippen LogP) is 6.23. The van der Waals surface area contributed by atoms with Gasteiger partial charge in [-0.15, -0.1) is 0 Å². The first-order valence-corrected chi connectivity index (χ1v) is 13.9. The zero-order valence-electron chi connectivity index (χ0n) is 23.3. The van der Waals surface area contributed by atoms with Crippen molar-refractivity contribution in [3.05, 3.63) is 53.7 Å². The molecule has 1 aliphatic carbocycles. The predicted molar refractivity (Wildman–Crippen MR) is 151 cm³/mol. The van der Waals surface area contributed by atoms with Crippen molar-refractivity contribution in [2.24, 2.45) is 17.1 Å². The topological polar surface area (TPSA) is 104 Å². The number of fused-ring (bicyclic) bond motifs is 2. The number of nitrogens with zero attached hydrogens (tertiary/aromatic N) is 3. The number of ether oxygens (including phenoxy) is 1. The molecule has 4 aromatic rings. The van der Waals surface area contributed by atoms with Crippen LogP contribution in [0, 0.1) is 18.3 Å². The number of likely N-dealkylation sites (tertiary alicyclic amines) is 1. The summed E-state index contributed by atoms with van der Waals surface area (Å²) in [5.41, 5.74) is 8.66. The summed E-state index contributed by atoms with van der Waals surface area (Å²) in [5.74, 6) is 1.06. The summed E-state index contributed by atoms with van der Waals surface area (Å²) in [7, 11) is 0. The number of primary amides is 1. The van der Waals surface area contributed by atoms with Gasteiger partial charge in [-0.1, -0.05) is 26.8 Å². The Balaban J connectivity index is 1.39. The average Bonchev–Trinajstić information content (AvgIpc) is 3.56. The molecule has 40 heavy (non-hydrogen) atoms. The Labute approximate surface area is 232 Å². The fourth-order valence-corrected chi connectivity index (χ4v) is 6.27. The maximum atomic E-state index is 14.8. The van der Waals surface area contributed by atoms with E-state index in [1.807, 2.05) is 46.0 Å².